The molecule has 0 N–H and O–H groups in total. The van der Waals surface area contributed by atoms with E-state index in [2.05, 4.69) is 29.5 Å². The monoisotopic (exact) mass is 279 g/mol. The molecule has 0 atom stereocenters. The lowest BCUT2D eigenvalue weighted by Crippen LogP contribution is -2.06. The van der Waals surface area contributed by atoms with Crippen LogP contribution >= 0.6 is 0 Å². The molecule has 0 amide bonds. The van der Waals surface area contributed by atoms with Crippen molar-refractivity contribution in [2.75, 3.05) is 0 Å². The normalized spacial score (nSPS) is 11.2. The van der Waals surface area contributed by atoms with Crippen LogP contribution in [0.25, 0.3) is 22.6 Å². The van der Waals surface area contributed by atoms with Gasteiger partial charge < -0.3 is 9.13 Å². The maximum atomic E-state index is 9.04. The Kier molecular flexibility index (Phi) is 3.22. The van der Waals surface area contributed by atoms with Crippen LogP contribution in [-0.2, 0) is 13.6 Å². The molecule has 2 heterocycles. The molecule has 5 nitrogen and oxygen atoms in total. The summed E-state index contributed by atoms with van der Waals surface area (Å²) >= 11 is 0. The van der Waals surface area contributed by atoms with Crippen LogP contribution in [0, 0.1) is 17.2 Å². The third-order valence-corrected chi connectivity index (χ3v) is 3.36. The number of nitrogens with zero attached hydrogens (tertiary/aromatic N) is 5. The number of rotatable bonds is 3. The Bertz CT molecular complexity index is 832. The van der Waals surface area contributed by atoms with Crippen molar-refractivity contribution >= 4 is 11.0 Å². The minimum Gasteiger partial charge on any atom is -0.340 e. The van der Waals surface area contributed by atoms with Gasteiger partial charge in [-0.25, -0.2) is 9.97 Å². The zero-order chi connectivity index (χ0) is 15.0. The van der Waals surface area contributed by atoms with E-state index in [4.69, 9.17) is 10.2 Å². The Balaban J connectivity index is 2.24. The van der Waals surface area contributed by atoms with Gasteiger partial charge in [0.15, 0.2) is 5.82 Å². The maximum Gasteiger partial charge on any atom is 0.161 e. The molecule has 0 bridgehead atoms. The van der Waals surface area contributed by atoms with Crippen LogP contribution in [0.5, 0.6) is 0 Å². The fraction of sp³-hybridized carbons (Fsp3) is 0.312. The van der Waals surface area contributed by atoms with Crippen molar-refractivity contribution in [3.05, 3.63) is 36.3 Å². The molecule has 0 aliphatic heterocycles. The van der Waals surface area contributed by atoms with Crippen molar-refractivity contribution in [3.63, 3.8) is 0 Å². The van der Waals surface area contributed by atoms with Crippen molar-refractivity contribution in [1.82, 2.24) is 19.1 Å². The molecule has 2 aromatic heterocycles. The Hall–Kier alpha value is -2.61. The lowest BCUT2D eigenvalue weighted by Gasteiger charge is -2.10. The first-order chi connectivity index (χ1) is 10.1. The Morgan fingerprint density at radius 1 is 1.33 bits per heavy atom. The number of aryl methyl sites for hydroxylation is 1. The molecule has 0 saturated heterocycles. The summed E-state index contributed by atoms with van der Waals surface area (Å²) in [5.74, 6) is 1.36. The number of aromatic nitrogens is 4. The fourth-order valence-electron chi connectivity index (χ4n) is 2.47. The van der Waals surface area contributed by atoms with Crippen LogP contribution in [0.4, 0.5) is 0 Å². The Morgan fingerprint density at radius 2 is 2.14 bits per heavy atom. The molecule has 0 spiro atoms. The first kappa shape index (κ1) is 13.4. The van der Waals surface area contributed by atoms with Gasteiger partial charge in [0.25, 0.3) is 0 Å². The highest BCUT2D eigenvalue weighted by Crippen LogP contribution is 2.25. The van der Waals surface area contributed by atoms with Crippen molar-refractivity contribution in [2.45, 2.75) is 20.4 Å². The minimum atomic E-state index is 0.500. The number of imidazole rings is 2. The molecule has 1 aromatic carbocycles. The van der Waals surface area contributed by atoms with E-state index in [9.17, 15) is 0 Å². The van der Waals surface area contributed by atoms with E-state index in [1.165, 1.54) is 0 Å². The molecule has 5 heteroatoms. The first-order valence-corrected chi connectivity index (χ1v) is 6.97. The number of hydrogen-bond donors (Lipinski definition) is 0. The van der Waals surface area contributed by atoms with Crippen molar-refractivity contribution < 1.29 is 0 Å². The molecule has 3 aromatic rings. The smallest absolute Gasteiger partial charge is 0.161 e. The highest BCUT2D eigenvalue weighted by molar-refractivity contribution is 5.81. The van der Waals surface area contributed by atoms with Gasteiger partial charge in [0, 0.05) is 19.8 Å². The number of benzene rings is 1. The van der Waals surface area contributed by atoms with E-state index in [0.717, 1.165) is 29.1 Å². The third kappa shape index (κ3) is 2.40. The molecule has 106 valence electrons. The summed E-state index contributed by atoms with van der Waals surface area (Å²) in [6.07, 6.45) is 3.73. The van der Waals surface area contributed by atoms with E-state index in [1.807, 2.05) is 36.0 Å². The summed E-state index contributed by atoms with van der Waals surface area (Å²) < 4.78 is 4.10. The minimum absolute atomic E-state index is 0.500. The zero-order valence-corrected chi connectivity index (χ0v) is 12.4. The summed E-state index contributed by atoms with van der Waals surface area (Å²) in [5, 5.41) is 9.04. The van der Waals surface area contributed by atoms with Gasteiger partial charge in [-0.15, -0.1) is 0 Å². The third-order valence-electron chi connectivity index (χ3n) is 3.36. The largest absolute Gasteiger partial charge is 0.340 e. The Morgan fingerprint density at radius 3 is 2.76 bits per heavy atom. The van der Waals surface area contributed by atoms with Crippen LogP contribution in [0.15, 0.2) is 30.7 Å². The SMILES string of the molecule is CC(C)Cn1c(-c2cn(C)cn2)nc2cc(C#N)ccc21. The van der Waals surface area contributed by atoms with Gasteiger partial charge in [0.05, 0.1) is 29.0 Å². The Labute approximate surface area is 123 Å². The second-order valence-electron chi connectivity index (χ2n) is 5.68. The highest BCUT2D eigenvalue weighted by Gasteiger charge is 2.15. The van der Waals surface area contributed by atoms with E-state index < -0.39 is 0 Å². The van der Waals surface area contributed by atoms with Crippen LogP contribution < -0.4 is 0 Å². The van der Waals surface area contributed by atoms with Crippen molar-refractivity contribution in [2.24, 2.45) is 13.0 Å². The van der Waals surface area contributed by atoms with E-state index in [-0.39, 0.29) is 0 Å². The van der Waals surface area contributed by atoms with Crippen LogP contribution in [-0.4, -0.2) is 19.1 Å². The van der Waals surface area contributed by atoms with Gasteiger partial charge in [-0.1, -0.05) is 13.8 Å². The van der Waals surface area contributed by atoms with Crippen LogP contribution in [0.3, 0.4) is 0 Å². The summed E-state index contributed by atoms with van der Waals surface area (Å²) in [6.45, 7) is 5.23. The summed E-state index contributed by atoms with van der Waals surface area (Å²) in [5.41, 5.74) is 3.37. The molecule has 0 radical (unpaired) electrons. The van der Waals surface area contributed by atoms with E-state index in [0.29, 0.717) is 11.5 Å². The predicted molar refractivity (Wildman–Crippen MR) is 81.5 cm³/mol. The van der Waals surface area contributed by atoms with Gasteiger partial charge in [-0.05, 0) is 24.1 Å². The second kappa shape index (κ2) is 5.06. The summed E-state index contributed by atoms with van der Waals surface area (Å²) in [6, 6.07) is 7.80. The lowest BCUT2D eigenvalue weighted by molar-refractivity contribution is 0.536. The second-order valence-corrected chi connectivity index (χ2v) is 5.68. The molecular weight excluding hydrogens is 262 g/mol. The van der Waals surface area contributed by atoms with Gasteiger partial charge in [-0.3, -0.25) is 0 Å². The van der Waals surface area contributed by atoms with E-state index >= 15 is 0 Å². The molecular formula is C16H17N5. The van der Waals surface area contributed by atoms with Crippen LogP contribution in [0.1, 0.15) is 19.4 Å². The quantitative estimate of drug-likeness (QED) is 0.740. The fourth-order valence-corrected chi connectivity index (χ4v) is 2.47. The molecule has 0 unspecified atom stereocenters. The standard InChI is InChI=1S/C16H17N5/c1-11(2)8-21-15-5-4-12(7-17)6-13(15)19-16(21)14-9-20(3)10-18-14/h4-6,9-11H,8H2,1-3H3. The highest BCUT2D eigenvalue weighted by atomic mass is 15.1. The average molecular weight is 279 g/mol. The van der Waals surface area contributed by atoms with Gasteiger partial charge >= 0.3 is 0 Å². The molecule has 0 fully saturated rings. The molecule has 21 heavy (non-hydrogen) atoms. The maximum absolute atomic E-state index is 9.04. The number of fused-ring (bicyclic) bond motifs is 1. The topological polar surface area (TPSA) is 59.4 Å². The van der Waals surface area contributed by atoms with E-state index in [1.54, 1.807) is 6.33 Å². The average Bonchev–Trinajstić information content (AvgIpc) is 3.02. The molecule has 0 saturated carbocycles. The summed E-state index contributed by atoms with van der Waals surface area (Å²) in [7, 11) is 1.94. The van der Waals surface area contributed by atoms with Crippen LogP contribution in [0.2, 0.25) is 0 Å². The number of nitriles is 1. The zero-order valence-electron chi connectivity index (χ0n) is 12.4. The molecule has 3 rings (SSSR count). The number of hydrogen-bond acceptors (Lipinski definition) is 3. The molecule has 0 aliphatic carbocycles. The lowest BCUT2D eigenvalue weighted by atomic mass is 10.2. The van der Waals surface area contributed by atoms with Gasteiger partial charge in [-0.2, -0.15) is 5.26 Å². The summed E-state index contributed by atoms with van der Waals surface area (Å²) in [4.78, 5) is 9.10. The van der Waals surface area contributed by atoms with Gasteiger partial charge in [0.1, 0.15) is 5.69 Å². The first-order valence-electron chi connectivity index (χ1n) is 6.97. The van der Waals surface area contributed by atoms with Crippen molar-refractivity contribution in [3.8, 4) is 17.6 Å². The van der Waals surface area contributed by atoms with Crippen molar-refractivity contribution in [1.29, 1.82) is 5.26 Å². The van der Waals surface area contributed by atoms with Gasteiger partial charge in [0.2, 0.25) is 0 Å². The predicted octanol–water partition coefficient (Wildman–Crippen LogP) is 2.96. The molecule has 0 aliphatic rings.